The molecular weight excluding hydrogens is 222 g/mol. The van der Waals surface area contributed by atoms with Crippen LogP contribution in [0.25, 0.3) is 0 Å². The SMILES string of the molecule is CCOC1CC(CC(NC)c2ccc(C)cc2)C1. The summed E-state index contributed by atoms with van der Waals surface area (Å²) in [6.07, 6.45) is 4.22. The highest BCUT2D eigenvalue weighted by molar-refractivity contribution is 5.24. The van der Waals surface area contributed by atoms with Gasteiger partial charge in [-0.3, -0.25) is 0 Å². The van der Waals surface area contributed by atoms with E-state index in [1.807, 2.05) is 0 Å². The summed E-state index contributed by atoms with van der Waals surface area (Å²) in [7, 11) is 2.06. The third-order valence-corrected chi connectivity index (χ3v) is 3.99. The van der Waals surface area contributed by atoms with Crippen molar-refractivity contribution in [2.24, 2.45) is 5.92 Å². The molecule has 0 spiro atoms. The summed E-state index contributed by atoms with van der Waals surface area (Å²) in [6, 6.07) is 9.37. The van der Waals surface area contributed by atoms with Crippen LogP contribution in [0.2, 0.25) is 0 Å². The molecule has 0 amide bonds. The first-order valence-corrected chi connectivity index (χ1v) is 7.08. The maximum absolute atomic E-state index is 5.62. The minimum Gasteiger partial charge on any atom is -0.378 e. The molecule has 1 unspecified atom stereocenters. The first-order valence-electron chi connectivity index (χ1n) is 7.08. The van der Waals surface area contributed by atoms with Crippen molar-refractivity contribution in [1.82, 2.24) is 5.32 Å². The highest BCUT2D eigenvalue weighted by atomic mass is 16.5. The molecule has 18 heavy (non-hydrogen) atoms. The molecule has 2 rings (SSSR count). The van der Waals surface area contributed by atoms with Gasteiger partial charge in [0.25, 0.3) is 0 Å². The lowest BCUT2D eigenvalue weighted by Crippen LogP contribution is -2.34. The predicted molar refractivity (Wildman–Crippen MR) is 75.7 cm³/mol. The minimum atomic E-state index is 0.484. The van der Waals surface area contributed by atoms with Crippen molar-refractivity contribution in [3.8, 4) is 0 Å². The number of ether oxygens (including phenoxy) is 1. The van der Waals surface area contributed by atoms with Gasteiger partial charge in [0.1, 0.15) is 0 Å². The summed E-state index contributed by atoms with van der Waals surface area (Å²) in [5.41, 5.74) is 2.73. The summed E-state index contributed by atoms with van der Waals surface area (Å²) >= 11 is 0. The van der Waals surface area contributed by atoms with Crippen LogP contribution in [0.4, 0.5) is 0 Å². The van der Waals surface area contributed by atoms with Crippen molar-refractivity contribution in [3.05, 3.63) is 35.4 Å². The Bertz CT molecular complexity index is 354. The molecule has 0 heterocycles. The quantitative estimate of drug-likeness (QED) is 0.831. The summed E-state index contributed by atoms with van der Waals surface area (Å²) in [4.78, 5) is 0. The molecule has 1 N–H and O–H groups in total. The van der Waals surface area contributed by atoms with E-state index in [-0.39, 0.29) is 0 Å². The highest BCUT2D eigenvalue weighted by Gasteiger charge is 2.31. The average Bonchev–Trinajstić information content (AvgIpc) is 2.33. The molecule has 0 aromatic heterocycles. The van der Waals surface area contributed by atoms with E-state index in [4.69, 9.17) is 4.74 Å². The van der Waals surface area contributed by atoms with E-state index < -0.39 is 0 Å². The van der Waals surface area contributed by atoms with Crippen molar-refractivity contribution in [2.45, 2.75) is 45.3 Å². The molecular formula is C16H25NO. The van der Waals surface area contributed by atoms with Crippen LogP contribution in [-0.2, 0) is 4.74 Å². The minimum absolute atomic E-state index is 0.484. The van der Waals surface area contributed by atoms with E-state index in [0.717, 1.165) is 12.5 Å². The molecule has 0 radical (unpaired) electrons. The Kier molecular flexibility index (Phi) is 4.79. The summed E-state index contributed by atoms with van der Waals surface area (Å²) in [6.45, 7) is 5.07. The number of hydrogen-bond acceptors (Lipinski definition) is 2. The number of rotatable bonds is 6. The molecule has 0 bridgehead atoms. The van der Waals surface area contributed by atoms with Gasteiger partial charge in [-0.15, -0.1) is 0 Å². The van der Waals surface area contributed by atoms with Gasteiger partial charge in [-0.05, 0) is 51.6 Å². The molecule has 1 aromatic rings. The molecule has 1 atom stereocenters. The van der Waals surface area contributed by atoms with Crippen molar-refractivity contribution < 1.29 is 4.74 Å². The third-order valence-electron chi connectivity index (χ3n) is 3.99. The zero-order valence-electron chi connectivity index (χ0n) is 11.8. The van der Waals surface area contributed by atoms with Gasteiger partial charge in [0.15, 0.2) is 0 Å². The summed E-state index contributed by atoms with van der Waals surface area (Å²) in [5, 5.41) is 3.44. The number of benzene rings is 1. The standard InChI is InChI=1S/C16H25NO/c1-4-18-15-9-13(10-15)11-16(17-3)14-7-5-12(2)6-8-14/h5-8,13,15-17H,4,9-11H2,1-3H3. The Balaban J connectivity index is 1.85. The van der Waals surface area contributed by atoms with Crippen LogP contribution in [-0.4, -0.2) is 19.8 Å². The Labute approximate surface area is 111 Å². The molecule has 2 heteroatoms. The second-order valence-electron chi connectivity index (χ2n) is 5.40. The van der Waals surface area contributed by atoms with Crippen LogP contribution >= 0.6 is 0 Å². The van der Waals surface area contributed by atoms with Crippen LogP contribution in [0.3, 0.4) is 0 Å². The monoisotopic (exact) mass is 247 g/mol. The maximum atomic E-state index is 5.62. The van der Waals surface area contributed by atoms with Gasteiger partial charge in [-0.1, -0.05) is 29.8 Å². The Hall–Kier alpha value is -0.860. The van der Waals surface area contributed by atoms with E-state index in [0.29, 0.717) is 12.1 Å². The van der Waals surface area contributed by atoms with Crippen LogP contribution < -0.4 is 5.32 Å². The van der Waals surface area contributed by atoms with E-state index in [9.17, 15) is 0 Å². The lowest BCUT2D eigenvalue weighted by molar-refractivity contribution is -0.0289. The van der Waals surface area contributed by atoms with Gasteiger partial charge in [-0.2, -0.15) is 0 Å². The van der Waals surface area contributed by atoms with Crippen molar-refractivity contribution in [2.75, 3.05) is 13.7 Å². The van der Waals surface area contributed by atoms with Gasteiger partial charge >= 0.3 is 0 Å². The molecule has 1 aromatic carbocycles. The molecule has 1 aliphatic rings. The fraction of sp³-hybridized carbons (Fsp3) is 0.625. The molecule has 1 aliphatic carbocycles. The molecule has 1 saturated carbocycles. The maximum Gasteiger partial charge on any atom is 0.0580 e. The summed E-state index contributed by atoms with van der Waals surface area (Å²) in [5.74, 6) is 0.820. The number of aryl methyl sites for hydroxylation is 1. The topological polar surface area (TPSA) is 21.3 Å². The molecule has 1 fully saturated rings. The van der Waals surface area contributed by atoms with Crippen molar-refractivity contribution >= 4 is 0 Å². The highest BCUT2D eigenvalue weighted by Crippen LogP contribution is 2.36. The lowest BCUT2D eigenvalue weighted by Gasteiger charge is -2.37. The van der Waals surface area contributed by atoms with Gasteiger partial charge in [0.2, 0.25) is 0 Å². The second kappa shape index (κ2) is 6.35. The first-order chi connectivity index (χ1) is 8.72. The van der Waals surface area contributed by atoms with Crippen LogP contribution in [0.15, 0.2) is 24.3 Å². The smallest absolute Gasteiger partial charge is 0.0580 e. The second-order valence-corrected chi connectivity index (χ2v) is 5.40. The van der Waals surface area contributed by atoms with E-state index >= 15 is 0 Å². The van der Waals surface area contributed by atoms with Gasteiger partial charge in [0.05, 0.1) is 6.10 Å². The normalized spacial score (nSPS) is 24.6. The fourth-order valence-electron chi connectivity index (χ4n) is 2.79. The predicted octanol–water partition coefficient (Wildman–Crippen LogP) is 3.46. The molecule has 0 saturated heterocycles. The zero-order valence-corrected chi connectivity index (χ0v) is 11.8. The van der Waals surface area contributed by atoms with Crippen molar-refractivity contribution in [1.29, 1.82) is 0 Å². The first kappa shape index (κ1) is 13.6. The lowest BCUT2D eigenvalue weighted by atomic mass is 9.77. The van der Waals surface area contributed by atoms with Gasteiger partial charge in [0, 0.05) is 12.6 Å². The largest absolute Gasteiger partial charge is 0.378 e. The van der Waals surface area contributed by atoms with Gasteiger partial charge < -0.3 is 10.1 Å². The zero-order chi connectivity index (χ0) is 13.0. The van der Waals surface area contributed by atoms with E-state index in [1.54, 1.807) is 0 Å². The van der Waals surface area contributed by atoms with E-state index in [1.165, 1.54) is 30.4 Å². The third kappa shape index (κ3) is 3.33. The average molecular weight is 247 g/mol. The van der Waals surface area contributed by atoms with Crippen molar-refractivity contribution in [3.63, 3.8) is 0 Å². The molecule has 0 aliphatic heterocycles. The van der Waals surface area contributed by atoms with Gasteiger partial charge in [-0.25, -0.2) is 0 Å². The molecule has 100 valence electrons. The van der Waals surface area contributed by atoms with Crippen LogP contribution in [0, 0.1) is 12.8 Å². The Morgan fingerprint density at radius 1 is 1.28 bits per heavy atom. The van der Waals surface area contributed by atoms with E-state index in [2.05, 4.69) is 50.5 Å². The number of nitrogens with one attached hydrogen (secondary N) is 1. The molecule has 2 nitrogen and oxygen atoms in total. The fourth-order valence-corrected chi connectivity index (χ4v) is 2.79. The van der Waals surface area contributed by atoms with Crippen LogP contribution in [0.1, 0.15) is 43.4 Å². The Morgan fingerprint density at radius 2 is 1.94 bits per heavy atom. The Morgan fingerprint density at radius 3 is 2.50 bits per heavy atom. The summed E-state index contributed by atoms with van der Waals surface area (Å²) < 4.78 is 5.62. The number of hydrogen-bond donors (Lipinski definition) is 1. The van der Waals surface area contributed by atoms with Crippen LogP contribution in [0.5, 0.6) is 0 Å².